The highest BCUT2D eigenvalue weighted by molar-refractivity contribution is 4.66. The molecule has 0 aromatic carbocycles. The first-order valence-electron chi connectivity index (χ1n) is 5.11. The average molecular weight is 199 g/mol. The second kappa shape index (κ2) is 7.74. The molecule has 0 radical (unpaired) electrons. The maximum atomic E-state index is 8.24. The van der Waals surface area contributed by atoms with Crippen LogP contribution >= 0.6 is 0 Å². The zero-order valence-corrected chi connectivity index (χ0v) is 8.41. The Morgan fingerprint density at radius 3 is 3.00 bits per heavy atom. The van der Waals surface area contributed by atoms with Crippen molar-refractivity contribution in [3.8, 4) is 6.07 Å². The topological polar surface area (TPSA) is 51.5 Å². The van der Waals surface area contributed by atoms with Crippen LogP contribution in [-0.2, 0) is 14.2 Å². The summed E-state index contributed by atoms with van der Waals surface area (Å²) in [5, 5.41) is 8.24. The monoisotopic (exact) mass is 199 g/mol. The normalized spacial score (nSPS) is 20.9. The standard InChI is InChI=1S/C10H17NO3/c11-5-2-6-12-7-3-9-14-10-4-1-8-13-10/h10H,1-4,6-9H2. The molecule has 0 N–H and O–H groups in total. The number of nitrogens with zero attached hydrogens (tertiary/aromatic N) is 1. The van der Waals surface area contributed by atoms with Crippen LogP contribution in [-0.4, -0.2) is 32.7 Å². The molecule has 0 bridgehead atoms. The molecule has 1 fully saturated rings. The van der Waals surface area contributed by atoms with Gasteiger partial charge in [-0.2, -0.15) is 5.26 Å². The predicted molar refractivity (Wildman–Crippen MR) is 50.6 cm³/mol. The Labute approximate surface area is 84.8 Å². The lowest BCUT2D eigenvalue weighted by Gasteiger charge is -2.10. The Morgan fingerprint density at radius 2 is 2.29 bits per heavy atom. The highest BCUT2D eigenvalue weighted by atomic mass is 16.7. The molecule has 1 heterocycles. The van der Waals surface area contributed by atoms with Gasteiger partial charge in [0.15, 0.2) is 6.29 Å². The highest BCUT2D eigenvalue weighted by Crippen LogP contribution is 2.12. The summed E-state index contributed by atoms with van der Waals surface area (Å²) in [5.74, 6) is 0. The number of hydrogen-bond donors (Lipinski definition) is 0. The van der Waals surface area contributed by atoms with Crippen LogP contribution in [0.4, 0.5) is 0 Å². The molecule has 0 saturated carbocycles. The second-order valence-electron chi connectivity index (χ2n) is 3.19. The van der Waals surface area contributed by atoms with Gasteiger partial charge in [0.25, 0.3) is 0 Å². The van der Waals surface area contributed by atoms with E-state index in [1.54, 1.807) is 0 Å². The van der Waals surface area contributed by atoms with Gasteiger partial charge in [-0.1, -0.05) is 0 Å². The number of rotatable bonds is 7. The first kappa shape index (κ1) is 11.4. The van der Waals surface area contributed by atoms with Crippen LogP contribution in [0, 0.1) is 11.3 Å². The van der Waals surface area contributed by atoms with Crippen LogP contribution in [0.25, 0.3) is 0 Å². The molecule has 4 nitrogen and oxygen atoms in total. The summed E-state index contributed by atoms with van der Waals surface area (Å²) in [7, 11) is 0. The van der Waals surface area contributed by atoms with Crippen LogP contribution in [0.5, 0.6) is 0 Å². The minimum Gasteiger partial charge on any atom is -0.380 e. The van der Waals surface area contributed by atoms with E-state index in [9.17, 15) is 0 Å². The fourth-order valence-electron chi connectivity index (χ4n) is 1.28. The lowest BCUT2D eigenvalue weighted by molar-refractivity contribution is -0.113. The summed E-state index contributed by atoms with van der Waals surface area (Å²) < 4.78 is 15.9. The van der Waals surface area contributed by atoms with Gasteiger partial charge < -0.3 is 14.2 Å². The van der Waals surface area contributed by atoms with E-state index < -0.39 is 0 Å². The molecule has 14 heavy (non-hydrogen) atoms. The van der Waals surface area contributed by atoms with Crippen molar-refractivity contribution < 1.29 is 14.2 Å². The third kappa shape index (κ3) is 5.18. The molecule has 0 spiro atoms. The fraction of sp³-hybridized carbons (Fsp3) is 0.900. The maximum absolute atomic E-state index is 8.24. The number of hydrogen-bond acceptors (Lipinski definition) is 4. The van der Waals surface area contributed by atoms with Gasteiger partial charge in [0.2, 0.25) is 0 Å². The summed E-state index contributed by atoms with van der Waals surface area (Å²) in [6, 6.07) is 2.03. The van der Waals surface area contributed by atoms with Gasteiger partial charge >= 0.3 is 0 Å². The van der Waals surface area contributed by atoms with E-state index >= 15 is 0 Å². The molecule has 1 aliphatic rings. The Morgan fingerprint density at radius 1 is 1.36 bits per heavy atom. The molecule has 1 atom stereocenters. The highest BCUT2D eigenvalue weighted by Gasteiger charge is 2.14. The molecule has 1 saturated heterocycles. The van der Waals surface area contributed by atoms with Crippen molar-refractivity contribution in [3.05, 3.63) is 0 Å². The molecule has 1 rings (SSSR count). The van der Waals surface area contributed by atoms with E-state index in [0.717, 1.165) is 25.9 Å². The van der Waals surface area contributed by atoms with Crippen molar-refractivity contribution in [2.24, 2.45) is 0 Å². The average Bonchev–Trinajstić information content (AvgIpc) is 2.69. The Kier molecular flexibility index (Phi) is 6.33. The van der Waals surface area contributed by atoms with E-state index in [2.05, 4.69) is 0 Å². The van der Waals surface area contributed by atoms with Gasteiger partial charge in [-0.15, -0.1) is 0 Å². The molecule has 0 amide bonds. The number of ether oxygens (including phenoxy) is 3. The molecule has 0 aromatic heterocycles. The van der Waals surface area contributed by atoms with Crippen molar-refractivity contribution in [3.63, 3.8) is 0 Å². The molecule has 0 aromatic rings. The molecule has 4 heteroatoms. The van der Waals surface area contributed by atoms with Gasteiger partial charge in [0, 0.05) is 19.6 Å². The zero-order valence-electron chi connectivity index (χ0n) is 8.41. The minimum atomic E-state index is 0.00843. The van der Waals surface area contributed by atoms with E-state index in [1.165, 1.54) is 0 Å². The van der Waals surface area contributed by atoms with Gasteiger partial charge in [-0.3, -0.25) is 0 Å². The van der Waals surface area contributed by atoms with Crippen LogP contribution in [0.2, 0.25) is 0 Å². The second-order valence-corrected chi connectivity index (χ2v) is 3.19. The summed E-state index contributed by atoms with van der Waals surface area (Å²) >= 11 is 0. The Hall–Kier alpha value is -0.630. The van der Waals surface area contributed by atoms with E-state index in [0.29, 0.717) is 26.2 Å². The van der Waals surface area contributed by atoms with Gasteiger partial charge in [0.05, 0.1) is 25.7 Å². The SMILES string of the molecule is N#CCCOCCCOC1CCCO1. The molecule has 1 aliphatic heterocycles. The maximum Gasteiger partial charge on any atom is 0.157 e. The molecule has 0 aliphatic carbocycles. The number of nitriles is 1. The fourth-order valence-corrected chi connectivity index (χ4v) is 1.28. The van der Waals surface area contributed by atoms with Crippen LogP contribution in [0.1, 0.15) is 25.7 Å². The van der Waals surface area contributed by atoms with Crippen LogP contribution in [0.15, 0.2) is 0 Å². The van der Waals surface area contributed by atoms with Crippen LogP contribution in [0.3, 0.4) is 0 Å². The van der Waals surface area contributed by atoms with Crippen molar-refractivity contribution in [1.29, 1.82) is 5.26 Å². The molecular formula is C10H17NO3. The minimum absolute atomic E-state index is 0.00843. The molecule has 1 unspecified atom stereocenters. The first-order valence-corrected chi connectivity index (χ1v) is 5.11. The van der Waals surface area contributed by atoms with Crippen molar-refractivity contribution in [1.82, 2.24) is 0 Å². The summed E-state index contributed by atoms with van der Waals surface area (Å²) in [4.78, 5) is 0. The summed E-state index contributed by atoms with van der Waals surface area (Å²) in [6.07, 6.45) is 3.45. The van der Waals surface area contributed by atoms with Gasteiger partial charge in [-0.25, -0.2) is 0 Å². The molecular weight excluding hydrogens is 182 g/mol. The predicted octanol–water partition coefficient (Wildman–Crippen LogP) is 1.46. The quantitative estimate of drug-likeness (QED) is 0.582. The first-order chi connectivity index (χ1) is 6.93. The summed E-state index contributed by atoms with van der Waals surface area (Å²) in [6.45, 7) is 2.69. The lowest BCUT2D eigenvalue weighted by atomic mass is 10.4. The largest absolute Gasteiger partial charge is 0.380 e. The lowest BCUT2D eigenvalue weighted by Crippen LogP contribution is -2.12. The van der Waals surface area contributed by atoms with E-state index in [1.807, 2.05) is 6.07 Å². The third-order valence-corrected chi connectivity index (χ3v) is 1.98. The molecule has 80 valence electrons. The Balaban J connectivity index is 1.78. The van der Waals surface area contributed by atoms with Crippen molar-refractivity contribution in [2.75, 3.05) is 26.4 Å². The van der Waals surface area contributed by atoms with Crippen LogP contribution < -0.4 is 0 Å². The Bertz CT molecular complexity index is 173. The van der Waals surface area contributed by atoms with E-state index in [4.69, 9.17) is 19.5 Å². The van der Waals surface area contributed by atoms with Crippen molar-refractivity contribution in [2.45, 2.75) is 32.0 Å². The van der Waals surface area contributed by atoms with Crippen molar-refractivity contribution >= 4 is 0 Å². The summed E-state index contributed by atoms with van der Waals surface area (Å²) in [5.41, 5.74) is 0. The van der Waals surface area contributed by atoms with E-state index in [-0.39, 0.29) is 6.29 Å². The van der Waals surface area contributed by atoms with Gasteiger partial charge in [0.1, 0.15) is 0 Å². The zero-order chi connectivity index (χ0) is 10.1. The van der Waals surface area contributed by atoms with Gasteiger partial charge in [-0.05, 0) is 12.8 Å². The third-order valence-electron chi connectivity index (χ3n) is 1.98. The smallest absolute Gasteiger partial charge is 0.157 e.